The number of halogens is 1. The third-order valence-electron chi connectivity index (χ3n) is 2.75. The van der Waals surface area contributed by atoms with Gasteiger partial charge in [-0.3, -0.25) is 4.79 Å². The van der Waals surface area contributed by atoms with E-state index in [9.17, 15) is 4.79 Å². The number of nitrogens with zero attached hydrogens (tertiary/aromatic N) is 1. The Hall–Kier alpha value is -1.04. The molecule has 0 aliphatic heterocycles. The predicted molar refractivity (Wildman–Crippen MR) is 76.0 cm³/mol. The van der Waals surface area contributed by atoms with E-state index in [0.29, 0.717) is 6.61 Å². The van der Waals surface area contributed by atoms with Gasteiger partial charge in [0, 0.05) is 20.2 Å². The molecular weight excluding hydrogens is 329 g/mol. The molecule has 90 valence electrons. The average molecular weight is 343 g/mol. The number of fused-ring (bicyclic) bond motifs is 1. The van der Waals surface area contributed by atoms with Crippen LogP contribution in [0.25, 0.3) is 10.9 Å². The largest absolute Gasteiger partial charge is 0.465 e. The van der Waals surface area contributed by atoms with Crippen molar-refractivity contribution in [1.29, 1.82) is 0 Å². The number of benzene rings is 1. The Morgan fingerprint density at radius 2 is 2.12 bits per heavy atom. The van der Waals surface area contributed by atoms with Crippen molar-refractivity contribution in [2.45, 2.75) is 20.4 Å². The summed E-state index contributed by atoms with van der Waals surface area (Å²) in [5.41, 5.74) is 2.20. The number of hydrogen-bond donors (Lipinski definition) is 0. The van der Waals surface area contributed by atoms with Crippen molar-refractivity contribution < 1.29 is 9.53 Å². The van der Waals surface area contributed by atoms with Gasteiger partial charge in [-0.25, -0.2) is 0 Å². The summed E-state index contributed by atoms with van der Waals surface area (Å²) in [6, 6.07) is 8.10. The van der Waals surface area contributed by atoms with Crippen LogP contribution in [0.3, 0.4) is 0 Å². The molecule has 2 aromatic rings. The first-order valence-electron chi connectivity index (χ1n) is 5.54. The van der Waals surface area contributed by atoms with Crippen molar-refractivity contribution >= 4 is 39.5 Å². The van der Waals surface area contributed by atoms with Crippen molar-refractivity contribution in [2.24, 2.45) is 0 Å². The van der Waals surface area contributed by atoms with Crippen LogP contribution in [0, 0.1) is 10.5 Å². The maximum absolute atomic E-state index is 11.6. The van der Waals surface area contributed by atoms with Crippen molar-refractivity contribution in [3.63, 3.8) is 0 Å². The molecule has 0 unspecified atom stereocenters. The quantitative estimate of drug-likeness (QED) is 0.633. The van der Waals surface area contributed by atoms with E-state index in [0.717, 1.165) is 11.2 Å². The van der Waals surface area contributed by atoms with Gasteiger partial charge in [0.2, 0.25) is 0 Å². The Bertz CT molecular complexity index is 560. The molecule has 1 heterocycles. The smallest absolute Gasteiger partial charge is 0.325 e. The molecule has 0 atom stereocenters. The molecule has 0 radical (unpaired) electrons. The van der Waals surface area contributed by atoms with Crippen LogP contribution in [0.15, 0.2) is 24.3 Å². The number of carbonyl (C=O) groups is 1. The van der Waals surface area contributed by atoms with E-state index in [1.807, 2.05) is 36.6 Å². The maximum atomic E-state index is 11.6. The Kier molecular flexibility index (Phi) is 3.71. The second kappa shape index (κ2) is 5.08. The SMILES string of the molecule is CCOC(=O)Cn1c(C)c(I)c2ccccc21. The van der Waals surface area contributed by atoms with Crippen molar-refractivity contribution in [2.75, 3.05) is 6.61 Å². The Morgan fingerprint density at radius 3 is 2.82 bits per heavy atom. The fourth-order valence-electron chi connectivity index (χ4n) is 1.93. The molecule has 0 amide bonds. The predicted octanol–water partition coefficient (Wildman–Crippen LogP) is 3.12. The highest BCUT2D eigenvalue weighted by Crippen LogP contribution is 2.26. The van der Waals surface area contributed by atoms with Crippen LogP contribution in [0.1, 0.15) is 12.6 Å². The summed E-state index contributed by atoms with van der Waals surface area (Å²) in [4.78, 5) is 11.6. The number of esters is 1. The molecule has 0 spiro atoms. The van der Waals surface area contributed by atoms with Crippen LogP contribution >= 0.6 is 22.6 Å². The number of aromatic nitrogens is 1. The summed E-state index contributed by atoms with van der Waals surface area (Å²) in [6.45, 7) is 4.56. The molecule has 1 aromatic carbocycles. The van der Waals surface area contributed by atoms with Gasteiger partial charge in [0.25, 0.3) is 0 Å². The van der Waals surface area contributed by atoms with Gasteiger partial charge in [-0.1, -0.05) is 18.2 Å². The third kappa shape index (κ3) is 2.31. The molecule has 1 aromatic heterocycles. The summed E-state index contributed by atoms with van der Waals surface area (Å²) in [7, 11) is 0. The minimum absolute atomic E-state index is 0.187. The summed E-state index contributed by atoms with van der Waals surface area (Å²) < 4.78 is 8.20. The fourth-order valence-corrected chi connectivity index (χ4v) is 2.68. The zero-order valence-corrected chi connectivity index (χ0v) is 12.0. The van der Waals surface area contributed by atoms with Gasteiger partial charge in [0.05, 0.1) is 6.61 Å². The van der Waals surface area contributed by atoms with Crippen molar-refractivity contribution in [3.8, 4) is 0 Å². The number of carbonyl (C=O) groups excluding carboxylic acids is 1. The molecule has 2 rings (SSSR count). The summed E-state index contributed by atoms with van der Waals surface area (Å²) >= 11 is 2.32. The highest BCUT2D eigenvalue weighted by molar-refractivity contribution is 14.1. The Balaban J connectivity index is 2.46. The van der Waals surface area contributed by atoms with E-state index >= 15 is 0 Å². The summed E-state index contributed by atoms with van der Waals surface area (Å²) in [5.74, 6) is -0.187. The molecule has 17 heavy (non-hydrogen) atoms. The lowest BCUT2D eigenvalue weighted by atomic mass is 10.2. The van der Waals surface area contributed by atoms with Gasteiger partial charge >= 0.3 is 5.97 Å². The van der Waals surface area contributed by atoms with Crippen LogP contribution in [-0.2, 0) is 16.1 Å². The molecule has 0 N–H and O–H groups in total. The van der Waals surface area contributed by atoms with Gasteiger partial charge in [-0.05, 0) is 42.5 Å². The zero-order chi connectivity index (χ0) is 12.4. The molecule has 3 nitrogen and oxygen atoms in total. The van der Waals surface area contributed by atoms with Crippen LogP contribution in [0.5, 0.6) is 0 Å². The molecule has 4 heteroatoms. The minimum atomic E-state index is -0.187. The van der Waals surface area contributed by atoms with Gasteiger partial charge in [-0.15, -0.1) is 0 Å². The van der Waals surface area contributed by atoms with E-state index < -0.39 is 0 Å². The number of para-hydroxylation sites is 1. The molecule has 0 aliphatic carbocycles. The minimum Gasteiger partial charge on any atom is -0.465 e. The Morgan fingerprint density at radius 1 is 1.41 bits per heavy atom. The normalized spacial score (nSPS) is 10.8. The Labute approximate surface area is 114 Å². The van der Waals surface area contributed by atoms with E-state index in [1.54, 1.807) is 0 Å². The first-order valence-corrected chi connectivity index (χ1v) is 6.62. The average Bonchev–Trinajstić information content (AvgIpc) is 2.56. The molecule has 0 fully saturated rings. The van der Waals surface area contributed by atoms with E-state index in [1.165, 1.54) is 8.96 Å². The van der Waals surface area contributed by atoms with E-state index in [4.69, 9.17) is 4.74 Å². The molecule has 0 saturated carbocycles. The van der Waals surface area contributed by atoms with E-state index in [2.05, 4.69) is 28.7 Å². The van der Waals surface area contributed by atoms with E-state index in [-0.39, 0.29) is 12.5 Å². The van der Waals surface area contributed by atoms with Crippen LogP contribution in [0.4, 0.5) is 0 Å². The summed E-state index contributed by atoms with van der Waals surface area (Å²) in [6.07, 6.45) is 0. The van der Waals surface area contributed by atoms with Gasteiger partial charge in [0.1, 0.15) is 6.54 Å². The highest BCUT2D eigenvalue weighted by Gasteiger charge is 2.14. The first kappa shape index (κ1) is 12.4. The standard InChI is InChI=1S/C13H14INO2/c1-3-17-12(16)8-15-9(2)13(14)10-6-4-5-7-11(10)15/h4-7H,3,8H2,1-2H3. The second-order valence-electron chi connectivity index (χ2n) is 3.81. The van der Waals surface area contributed by atoms with Crippen molar-refractivity contribution in [3.05, 3.63) is 33.5 Å². The molecule has 0 bridgehead atoms. The lowest BCUT2D eigenvalue weighted by Gasteiger charge is -2.07. The lowest BCUT2D eigenvalue weighted by molar-refractivity contribution is -0.143. The fraction of sp³-hybridized carbons (Fsp3) is 0.308. The topological polar surface area (TPSA) is 31.2 Å². The van der Waals surface area contributed by atoms with Gasteiger partial charge in [-0.2, -0.15) is 0 Å². The van der Waals surface area contributed by atoms with Crippen molar-refractivity contribution in [1.82, 2.24) is 4.57 Å². The van der Waals surface area contributed by atoms with Gasteiger partial charge in [0.15, 0.2) is 0 Å². The molecule has 0 aliphatic rings. The number of ether oxygens (including phenoxy) is 1. The molecule has 0 saturated heterocycles. The monoisotopic (exact) mass is 343 g/mol. The lowest BCUT2D eigenvalue weighted by Crippen LogP contribution is -2.14. The number of rotatable bonds is 3. The first-order chi connectivity index (χ1) is 8.15. The second-order valence-corrected chi connectivity index (χ2v) is 4.89. The van der Waals surface area contributed by atoms with Gasteiger partial charge < -0.3 is 9.30 Å². The van der Waals surface area contributed by atoms with Crippen LogP contribution < -0.4 is 0 Å². The zero-order valence-electron chi connectivity index (χ0n) is 9.87. The third-order valence-corrected chi connectivity index (χ3v) is 4.11. The van der Waals surface area contributed by atoms with Crippen LogP contribution in [-0.4, -0.2) is 17.1 Å². The molecular formula is C13H14INO2. The maximum Gasteiger partial charge on any atom is 0.325 e. The van der Waals surface area contributed by atoms with Crippen LogP contribution in [0.2, 0.25) is 0 Å². The number of hydrogen-bond acceptors (Lipinski definition) is 2. The highest BCUT2D eigenvalue weighted by atomic mass is 127. The summed E-state index contributed by atoms with van der Waals surface area (Å²) in [5, 5.41) is 1.19.